The van der Waals surface area contributed by atoms with Crippen molar-refractivity contribution in [2.75, 3.05) is 0 Å². The van der Waals surface area contributed by atoms with E-state index in [4.69, 9.17) is 5.11 Å². The van der Waals surface area contributed by atoms with Crippen molar-refractivity contribution in [3.63, 3.8) is 0 Å². The van der Waals surface area contributed by atoms with Crippen LogP contribution in [0, 0.1) is 0 Å². The first-order valence-corrected chi connectivity index (χ1v) is 8.35. The fourth-order valence-electron chi connectivity index (χ4n) is 1.07. The van der Waals surface area contributed by atoms with E-state index in [2.05, 4.69) is 0 Å². The fraction of sp³-hybridized carbons (Fsp3) is 0.889. The SMILES string of the molecule is C[C@H](O)[C@@H](O)[C@@H](O)[C@H](O)C(=O)[Si](C)(C)C.I. The summed E-state index contributed by atoms with van der Waals surface area (Å²) in [6.45, 7) is 6.49. The van der Waals surface area contributed by atoms with Crippen molar-refractivity contribution >= 4 is 37.5 Å². The zero-order valence-electron chi connectivity index (χ0n) is 9.91. The van der Waals surface area contributed by atoms with Gasteiger partial charge < -0.3 is 25.2 Å². The molecule has 0 aliphatic heterocycles. The zero-order valence-corrected chi connectivity index (χ0v) is 13.2. The van der Waals surface area contributed by atoms with Crippen molar-refractivity contribution in [1.29, 1.82) is 0 Å². The van der Waals surface area contributed by atoms with Crippen molar-refractivity contribution in [3.8, 4) is 0 Å². The average molecular weight is 364 g/mol. The van der Waals surface area contributed by atoms with Crippen LogP contribution in [0.3, 0.4) is 0 Å². The van der Waals surface area contributed by atoms with Crippen molar-refractivity contribution in [3.05, 3.63) is 0 Å². The predicted molar refractivity (Wildman–Crippen MR) is 73.5 cm³/mol. The molecule has 0 aromatic rings. The van der Waals surface area contributed by atoms with Gasteiger partial charge in [0.2, 0.25) is 0 Å². The van der Waals surface area contributed by atoms with E-state index < -0.39 is 37.9 Å². The maximum atomic E-state index is 11.6. The Kier molecular flexibility index (Phi) is 8.25. The van der Waals surface area contributed by atoms with Crippen LogP contribution >= 0.6 is 24.0 Å². The van der Waals surface area contributed by atoms with Crippen LogP contribution in [0.2, 0.25) is 19.6 Å². The summed E-state index contributed by atoms with van der Waals surface area (Å²) in [7, 11) is -2.21. The summed E-state index contributed by atoms with van der Waals surface area (Å²) in [5, 5.41) is 36.8. The molecule has 0 aromatic carbocycles. The Balaban J connectivity index is 0. The van der Waals surface area contributed by atoms with Gasteiger partial charge in [-0.15, -0.1) is 24.0 Å². The summed E-state index contributed by atoms with van der Waals surface area (Å²) >= 11 is 0. The van der Waals surface area contributed by atoms with Gasteiger partial charge >= 0.3 is 0 Å². The third-order valence-electron chi connectivity index (χ3n) is 2.18. The van der Waals surface area contributed by atoms with Gasteiger partial charge in [0.25, 0.3) is 0 Å². The average Bonchev–Trinajstić information content (AvgIpc) is 2.11. The van der Waals surface area contributed by atoms with E-state index in [0.29, 0.717) is 0 Å². The Morgan fingerprint density at radius 3 is 1.62 bits per heavy atom. The van der Waals surface area contributed by atoms with Crippen LogP contribution in [0.1, 0.15) is 6.92 Å². The first-order chi connectivity index (χ1) is 6.59. The first kappa shape index (κ1) is 18.8. The number of aliphatic hydroxyl groups is 4. The molecule has 4 atom stereocenters. The number of hydrogen-bond acceptors (Lipinski definition) is 5. The van der Waals surface area contributed by atoms with E-state index in [1.807, 2.05) is 0 Å². The summed E-state index contributed by atoms with van der Waals surface area (Å²) in [5.41, 5.74) is 0. The van der Waals surface area contributed by atoms with Crippen LogP contribution in [0.4, 0.5) is 0 Å². The number of halogens is 1. The van der Waals surface area contributed by atoms with Gasteiger partial charge in [-0.3, -0.25) is 0 Å². The maximum absolute atomic E-state index is 11.6. The predicted octanol–water partition coefficient (Wildman–Crippen LogP) is -0.486. The van der Waals surface area contributed by atoms with Gasteiger partial charge in [0.1, 0.15) is 31.8 Å². The van der Waals surface area contributed by atoms with E-state index in [1.165, 1.54) is 6.92 Å². The molecule has 0 radical (unpaired) electrons. The minimum Gasteiger partial charge on any atom is -0.391 e. The number of carbonyl (C=O) groups excluding carboxylic acids is 1. The Morgan fingerprint density at radius 1 is 1.00 bits per heavy atom. The molecule has 0 aliphatic carbocycles. The van der Waals surface area contributed by atoms with Crippen LogP contribution in [0.25, 0.3) is 0 Å². The van der Waals surface area contributed by atoms with Gasteiger partial charge in [-0.05, 0) is 6.92 Å². The molecule has 0 aliphatic rings. The lowest BCUT2D eigenvalue weighted by atomic mass is 10.1. The lowest BCUT2D eigenvalue weighted by Crippen LogP contribution is -2.53. The number of hydrogen-bond donors (Lipinski definition) is 4. The third-order valence-corrected chi connectivity index (χ3v) is 3.95. The van der Waals surface area contributed by atoms with E-state index in [0.717, 1.165) is 0 Å². The van der Waals surface area contributed by atoms with Crippen LogP contribution in [-0.2, 0) is 4.79 Å². The standard InChI is InChI=1S/C9H20O5Si.HI/c1-5(10)6(11)7(12)8(13)9(14)15(2,3)4;/h5-8,10-13H,1-4H3;1H/t5-,6+,7+,8-;/m0./s1. The summed E-state index contributed by atoms with van der Waals surface area (Å²) in [4.78, 5) is 11.6. The highest BCUT2D eigenvalue weighted by molar-refractivity contribution is 14.0. The number of aliphatic hydroxyl groups excluding tert-OH is 4. The van der Waals surface area contributed by atoms with E-state index in [9.17, 15) is 20.1 Å². The molecule has 7 heteroatoms. The van der Waals surface area contributed by atoms with Gasteiger partial charge in [0, 0.05) is 0 Å². The molecular weight excluding hydrogens is 343 g/mol. The largest absolute Gasteiger partial charge is 0.391 e. The van der Waals surface area contributed by atoms with Crippen LogP contribution in [0.5, 0.6) is 0 Å². The highest BCUT2D eigenvalue weighted by Gasteiger charge is 2.38. The molecule has 5 nitrogen and oxygen atoms in total. The quantitative estimate of drug-likeness (QED) is 0.390. The summed E-state index contributed by atoms with van der Waals surface area (Å²) < 4.78 is 0. The first-order valence-electron chi connectivity index (χ1n) is 4.85. The molecule has 0 aromatic heterocycles. The van der Waals surface area contributed by atoms with Crippen LogP contribution in [-0.4, -0.2) is 58.3 Å². The van der Waals surface area contributed by atoms with E-state index in [-0.39, 0.29) is 24.0 Å². The zero-order chi connectivity index (χ0) is 12.4. The molecule has 0 saturated carbocycles. The molecule has 0 fully saturated rings. The molecule has 16 heavy (non-hydrogen) atoms. The van der Waals surface area contributed by atoms with Crippen LogP contribution < -0.4 is 0 Å². The van der Waals surface area contributed by atoms with E-state index in [1.54, 1.807) is 19.6 Å². The van der Waals surface area contributed by atoms with Crippen molar-refractivity contribution in [1.82, 2.24) is 0 Å². The summed E-state index contributed by atoms with van der Waals surface area (Å²) in [6, 6.07) is 0. The Hall–Kier alpha value is 0.457. The number of rotatable bonds is 5. The van der Waals surface area contributed by atoms with Gasteiger partial charge in [-0.25, -0.2) is 0 Å². The van der Waals surface area contributed by atoms with Gasteiger partial charge in [-0.2, -0.15) is 0 Å². The number of carbonyl (C=O) groups is 1. The van der Waals surface area contributed by atoms with Gasteiger partial charge in [-0.1, -0.05) is 19.6 Å². The van der Waals surface area contributed by atoms with E-state index >= 15 is 0 Å². The van der Waals surface area contributed by atoms with Gasteiger partial charge in [0.05, 0.1) is 6.10 Å². The molecule has 0 saturated heterocycles. The third kappa shape index (κ3) is 5.19. The lowest BCUT2D eigenvalue weighted by molar-refractivity contribution is -0.137. The molecule has 0 amide bonds. The second-order valence-electron chi connectivity index (χ2n) is 4.78. The van der Waals surface area contributed by atoms with Crippen molar-refractivity contribution < 1.29 is 25.2 Å². The molecule has 98 valence electrons. The molecule has 0 rings (SSSR count). The second kappa shape index (κ2) is 7.02. The van der Waals surface area contributed by atoms with Crippen molar-refractivity contribution in [2.24, 2.45) is 0 Å². The topological polar surface area (TPSA) is 98.0 Å². The molecule has 0 spiro atoms. The highest BCUT2D eigenvalue weighted by Crippen LogP contribution is 2.12. The lowest BCUT2D eigenvalue weighted by Gasteiger charge is -2.27. The smallest absolute Gasteiger partial charge is 0.141 e. The molecular formula is C9H21IO5Si. The Morgan fingerprint density at radius 2 is 1.38 bits per heavy atom. The fourth-order valence-corrected chi connectivity index (χ4v) is 2.13. The monoisotopic (exact) mass is 364 g/mol. The summed E-state index contributed by atoms with van der Waals surface area (Å²) in [6.07, 6.45) is -5.96. The Labute approximate surface area is 114 Å². The minimum atomic E-state index is -2.21. The molecule has 0 bridgehead atoms. The van der Waals surface area contributed by atoms with Gasteiger partial charge in [0.15, 0.2) is 0 Å². The Bertz CT molecular complexity index is 228. The molecule has 0 heterocycles. The normalized spacial score (nSPS) is 19.2. The molecule has 4 N–H and O–H groups in total. The second-order valence-corrected chi connectivity index (χ2v) is 9.77. The maximum Gasteiger partial charge on any atom is 0.141 e. The summed E-state index contributed by atoms with van der Waals surface area (Å²) in [5.74, 6) is 0. The highest BCUT2D eigenvalue weighted by atomic mass is 127. The minimum absolute atomic E-state index is 0. The van der Waals surface area contributed by atoms with Crippen molar-refractivity contribution in [2.45, 2.75) is 51.0 Å². The molecule has 0 unspecified atom stereocenters. The van der Waals surface area contributed by atoms with Crippen LogP contribution in [0.15, 0.2) is 0 Å².